The van der Waals surface area contributed by atoms with Crippen LogP contribution in [0.25, 0.3) is 0 Å². The zero-order valence-corrected chi connectivity index (χ0v) is 11.2. The first-order valence-electron chi connectivity index (χ1n) is 6.40. The van der Waals surface area contributed by atoms with E-state index in [0.717, 1.165) is 0 Å². The smallest absolute Gasteiger partial charge is 0.252 e. The van der Waals surface area contributed by atoms with E-state index in [4.69, 9.17) is 5.73 Å². The molecule has 110 valence electrons. The molecule has 0 unspecified atom stereocenters. The molecule has 1 amide bonds. The highest BCUT2D eigenvalue weighted by molar-refractivity contribution is 5.78. The molecule has 0 saturated heterocycles. The maximum Gasteiger partial charge on any atom is 0.252 e. The topological polar surface area (TPSA) is 101 Å². The van der Waals surface area contributed by atoms with E-state index >= 15 is 0 Å². The summed E-state index contributed by atoms with van der Waals surface area (Å²) in [5.74, 6) is -0.0559. The van der Waals surface area contributed by atoms with Gasteiger partial charge in [-0.2, -0.15) is 0 Å². The van der Waals surface area contributed by atoms with Crippen LogP contribution in [0, 0.1) is 5.82 Å². The first-order valence-corrected chi connectivity index (χ1v) is 6.40. The Hall–Kier alpha value is -2.70. The summed E-state index contributed by atoms with van der Waals surface area (Å²) in [6, 6.07) is 7.06. The lowest BCUT2D eigenvalue weighted by molar-refractivity contribution is -0.120. The molecule has 6 nitrogen and oxygen atoms in total. The van der Waals surface area contributed by atoms with Crippen LogP contribution in [-0.2, 0) is 17.6 Å². The van der Waals surface area contributed by atoms with Gasteiger partial charge in [-0.15, -0.1) is 0 Å². The highest BCUT2D eigenvalue weighted by Crippen LogP contribution is 2.04. The predicted molar refractivity (Wildman–Crippen MR) is 76.1 cm³/mol. The standard InChI is InChI=1S/C14H15FN4O2/c15-10-3-1-2-9(6-10)7-13(20)17-5-4-12-18-11(16)8-14(21)19-12/h1-3,6,8H,4-5,7H2,(H,17,20)(H3,16,18,19,21). The first-order chi connectivity index (χ1) is 10.0. The number of carbonyl (C=O) groups excluding carboxylic acids is 1. The Bertz CT molecular complexity index is 699. The Kier molecular flexibility index (Phi) is 4.65. The number of hydrogen-bond acceptors (Lipinski definition) is 4. The maximum atomic E-state index is 13.0. The molecule has 0 aliphatic carbocycles. The summed E-state index contributed by atoms with van der Waals surface area (Å²) in [4.78, 5) is 29.4. The second-order valence-electron chi connectivity index (χ2n) is 4.52. The van der Waals surface area contributed by atoms with Crippen molar-refractivity contribution in [3.8, 4) is 0 Å². The molecule has 0 radical (unpaired) electrons. The Morgan fingerprint density at radius 2 is 2.19 bits per heavy atom. The molecule has 0 atom stereocenters. The molecular weight excluding hydrogens is 275 g/mol. The average Bonchev–Trinajstić information content (AvgIpc) is 2.37. The number of amides is 1. The molecule has 0 bridgehead atoms. The molecule has 0 aliphatic rings. The molecule has 1 heterocycles. The fourth-order valence-electron chi connectivity index (χ4n) is 1.86. The van der Waals surface area contributed by atoms with Crippen LogP contribution in [0.1, 0.15) is 11.4 Å². The number of nitrogens with two attached hydrogens (primary N) is 1. The van der Waals surface area contributed by atoms with Crippen molar-refractivity contribution in [2.24, 2.45) is 0 Å². The van der Waals surface area contributed by atoms with E-state index < -0.39 is 0 Å². The van der Waals surface area contributed by atoms with Gasteiger partial charge in [-0.25, -0.2) is 9.37 Å². The predicted octanol–water partition coefficient (Wildman–Crippen LogP) is 0.393. The van der Waals surface area contributed by atoms with Crippen LogP contribution in [0.4, 0.5) is 10.2 Å². The number of aromatic nitrogens is 2. The van der Waals surface area contributed by atoms with Gasteiger partial charge in [0.05, 0.1) is 6.42 Å². The number of halogens is 1. The number of rotatable bonds is 5. The number of carbonyl (C=O) groups is 1. The highest BCUT2D eigenvalue weighted by atomic mass is 19.1. The van der Waals surface area contributed by atoms with E-state index in [1.54, 1.807) is 12.1 Å². The molecule has 21 heavy (non-hydrogen) atoms. The Morgan fingerprint density at radius 1 is 1.38 bits per heavy atom. The van der Waals surface area contributed by atoms with E-state index in [9.17, 15) is 14.0 Å². The molecule has 2 aromatic rings. The monoisotopic (exact) mass is 290 g/mol. The first kappa shape index (κ1) is 14.7. The third-order valence-corrected chi connectivity index (χ3v) is 2.75. The number of aromatic amines is 1. The third kappa shape index (κ3) is 4.72. The summed E-state index contributed by atoms with van der Waals surface area (Å²) in [7, 11) is 0. The van der Waals surface area contributed by atoms with Crippen molar-refractivity contribution < 1.29 is 9.18 Å². The van der Waals surface area contributed by atoms with Crippen LogP contribution in [0.2, 0.25) is 0 Å². The summed E-state index contributed by atoms with van der Waals surface area (Å²) >= 11 is 0. The largest absolute Gasteiger partial charge is 0.383 e. The lowest BCUT2D eigenvalue weighted by Gasteiger charge is -2.05. The van der Waals surface area contributed by atoms with Gasteiger partial charge in [0.25, 0.3) is 5.56 Å². The number of hydrogen-bond donors (Lipinski definition) is 3. The van der Waals surface area contributed by atoms with E-state index in [0.29, 0.717) is 24.4 Å². The summed E-state index contributed by atoms with van der Waals surface area (Å²) in [6.07, 6.45) is 0.452. The SMILES string of the molecule is Nc1cc(=O)[nH]c(CCNC(=O)Cc2cccc(F)c2)n1. The molecule has 0 fully saturated rings. The maximum absolute atomic E-state index is 13.0. The van der Waals surface area contributed by atoms with Gasteiger partial charge >= 0.3 is 0 Å². The van der Waals surface area contributed by atoms with Crippen LogP contribution < -0.4 is 16.6 Å². The molecule has 0 saturated carbocycles. The van der Waals surface area contributed by atoms with Crippen molar-refractivity contribution in [2.75, 3.05) is 12.3 Å². The highest BCUT2D eigenvalue weighted by Gasteiger charge is 2.05. The van der Waals surface area contributed by atoms with E-state index in [1.807, 2.05) is 0 Å². The Morgan fingerprint density at radius 3 is 2.90 bits per heavy atom. The Balaban J connectivity index is 1.83. The fourth-order valence-corrected chi connectivity index (χ4v) is 1.86. The zero-order valence-electron chi connectivity index (χ0n) is 11.2. The minimum absolute atomic E-state index is 0.0959. The summed E-state index contributed by atoms with van der Waals surface area (Å²) in [6.45, 7) is 0.306. The van der Waals surface area contributed by atoms with Crippen molar-refractivity contribution in [3.63, 3.8) is 0 Å². The molecule has 1 aromatic carbocycles. The van der Waals surface area contributed by atoms with E-state index in [1.165, 1.54) is 18.2 Å². The zero-order chi connectivity index (χ0) is 15.2. The number of benzene rings is 1. The van der Waals surface area contributed by atoms with Gasteiger partial charge in [0.2, 0.25) is 5.91 Å². The lowest BCUT2D eigenvalue weighted by Crippen LogP contribution is -2.28. The van der Waals surface area contributed by atoms with E-state index in [-0.39, 0.29) is 29.5 Å². The second kappa shape index (κ2) is 6.65. The number of nitrogens with zero attached hydrogens (tertiary/aromatic N) is 1. The molecule has 4 N–H and O–H groups in total. The minimum Gasteiger partial charge on any atom is -0.383 e. The Labute approximate surface area is 120 Å². The average molecular weight is 290 g/mol. The minimum atomic E-state index is -0.373. The molecule has 2 rings (SSSR count). The number of anilines is 1. The van der Waals surface area contributed by atoms with Crippen LogP contribution in [0.5, 0.6) is 0 Å². The molecule has 0 aliphatic heterocycles. The van der Waals surface area contributed by atoms with Crippen molar-refractivity contribution in [2.45, 2.75) is 12.8 Å². The van der Waals surface area contributed by atoms with Crippen LogP contribution >= 0.6 is 0 Å². The van der Waals surface area contributed by atoms with Gasteiger partial charge in [0.1, 0.15) is 17.5 Å². The number of nitrogen functional groups attached to an aromatic ring is 1. The summed E-state index contributed by atoms with van der Waals surface area (Å²) in [5, 5.41) is 2.67. The molecule has 0 spiro atoms. The van der Waals surface area contributed by atoms with Crippen LogP contribution in [0.15, 0.2) is 35.1 Å². The van der Waals surface area contributed by atoms with Gasteiger partial charge in [0, 0.05) is 19.0 Å². The second-order valence-corrected chi connectivity index (χ2v) is 4.52. The van der Waals surface area contributed by atoms with Crippen molar-refractivity contribution >= 4 is 11.7 Å². The van der Waals surface area contributed by atoms with Gasteiger partial charge in [-0.3, -0.25) is 9.59 Å². The molecular formula is C14H15FN4O2. The van der Waals surface area contributed by atoms with Gasteiger partial charge in [-0.1, -0.05) is 12.1 Å². The fraction of sp³-hybridized carbons (Fsp3) is 0.214. The summed E-state index contributed by atoms with van der Waals surface area (Å²) < 4.78 is 13.0. The normalized spacial score (nSPS) is 10.3. The molecule has 1 aromatic heterocycles. The van der Waals surface area contributed by atoms with Crippen molar-refractivity contribution in [3.05, 3.63) is 57.9 Å². The van der Waals surface area contributed by atoms with Gasteiger partial charge in [-0.05, 0) is 17.7 Å². The van der Waals surface area contributed by atoms with Crippen molar-refractivity contribution in [1.82, 2.24) is 15.3 Å². The van der Waals surface area contributed by atoms with Gasteiger partial charge in [0.15, 0.2) is 0 Å². The lowest BCUT2D eigenvalue weighted by atomic mass is 10.1. The van der Waals surface area contributed by atoms with Crippen LogP contribution in [-0.4, -0.2) is 22.4 Å². The quantitative estimate of drug-likeness (QED) is 0.741. The summed E-state index contributed by atoms with van der Waals surface area (Å²) in [5.41, 5.74) is 5.72. The molecule has 7 heteroatoms. The third-order valence-electron chi connectivity index (χ3n) is 2.75. The van der Waals surface area contributed by atoms with Gasteiger partial charge < -0.3 is 16.0 Å². The number of nitrogens with one attached hydrogen (secondary N) is 2. The van der Waals surface area contributed by atoms with Crippen molar-refractivity contribution in [1.29, 1.82) is 0 Å². The van der Waals surface area contributed by atoms with E-state index in [2.05, 4.69) is 15.3 Å². The van der Waals surface area contributed by atoms with Crippen LogP contribution in [0.3, 0.4) is 0 Å². The number of H-pyrrole nitrogens is 1.